The van der Waals surface area contributed by atoms with Crippen molar-refractivity contribution in [1.82, 2.24) is 4.98 Å². The minimum absolute atomic E-state index is 0.256. The van der Waals surface area contributed by atoms with Gasteiger partial charge in [-0.3, -0.25) is 0 Å². The Morgan fingerprint density at radius 1 is 1.38 bits per heavy atom. The lowest BCUT2D eigenvalue weighted by atomic mass is 9.79. The highest BCUT2D eigenvalue weighted by Crippen LogP contribution is 2.46. The topological polar surface area (TPSA) is 25.0 Å². The lowest BCUT2D eigenvalue weighted by Gasteiger charge is -2.42. The largest absolute Gasteiger partial charge is 0.402 e. The van der Waals surface area contributed by atoms with E-state index in [0.29, 0.717) is 0 Å². The third-order valence-corrected chi connectivity index (χ3v) is 2.39. The van der Waals surface area contributed by atoms with Crippen LogP contribution in [0, 0.1) is 0 Å². The second kappa shape index (κ2) is 2.51. The summed E-state index contributed by atoms with van der Waals surface area (Å²) in [4.78, 5) is 2.62. The molecule has 1 aromatic rings. The van der Waals surface area contributed by atoms with Gasteiger partial charge in [0.2, 0.25) is 0 Å². The van der Waals surface area contributed by atoms with E-state index in [-0.39, 0.29) is 18.8 Å². The van der Waals surface area contributed by atoms with Gasteiger partial charge in [0.15, 0.2) is 0 Å². The van der Waals surface area contributed by atoms with Crippen LogP contribution >= 0.6 is 0 Å². The van der Waals surface area contributed by atoms with E-state index in [1.807, 2.05) is 0 Å². The highest BCUT2D eigenvalue weighted by molar-refractivity contribution is 5.27. The molecule has 1 fully saturated rings. The van der Waals surface area contributed by atoms with Crippen LogP contribution in [0.5, 0.6) is 0 Å². The van der Waals surface area contributed by atoms with Crippen molar-refractivity contribution in [3.05, 3.63) is 24.0 Å². The Bertz CT molecular complexity index is 287. The average Bonchev–Trinajstić information content (AvgIpc) is 2.32. The number of ether oxygens (including phenoxy) is 1. The molecule has 13 heavy (non-hydrogen) atoms. The lowest BCUT2D eigenvalue weighted by molar-refractivity contribution is -0.262. The fourth-order valence-corrected chi connectivity index (χ4v) is 1.42. The fourth-order valence-electron chi connectivity index (χ4n) is 1.42. The van der Waals surface area contributed by atoms with Crippen molar-refractivity contribution in [2.24, 2.45) is 0 Å². The Hall–Kier alpha value is -0.970. The molecular formula is C8H8F3NO. The van der Waals surface area contributed by atoms with Gasteiger partial charge in [-0.2, -0.15) is 13.2 Å². The quantitative estimate of drug-likeness (QED) is 0.719. The monoisotopic (exact) mass is 191 g/mol. The molecule has 2 rings (SSSR count). The molecule has 72 valence electrons. The van der Waals surface area contributed by atoms with Crippen LogP contribution in [0.4, 0.5) is 13.2 Å². The Balaban J connectivity index is 2.37. The lowest BCUT2D eigenvalue weighted by Crippen LogP contribution is -2.57. The summed E-state index contributed by atoms with van der Waals surface area (Å²) in [6.07, 6.45) is -1.37. The first kappa shape index (κ1) is 8.62. The summed E-state index contributed by atoms with van der Waals surface area (Å²) in [5, 5.41) is 0. The molecule has 0 atom stereocenters. The van der Waals surface area contributed by atoms with Gasteiger partial charge in [-0.05, 0) is 11.6 Å². The van der Waals surface area contributed by atoms with Crippen molar-refractivity contribution < 1.29 is 17.9 Å². The minimum atomic E-state index is -4.23. The first-order chi connectivity index (χ1) is 6.06. The highest BCUT2D eigenvalue weighted by atomic mass is 19.4. The average molecular weight is 191 g/mol. The summed E-state index contributed by atoms with van der Waals surface area (Å²) in [6.45, 7) is -0.539. The SMILES string of the molecule is FC(F)(F)C1(c2cc[nH]c2)COC1. The summed E-state index contributed by atoms with van der Waals surface area (Å²) in [5.74, 6) is 0. The van der Waals surface area contributed by atoms with Crippen LogP contribution in [0.25, 0.3) is 0 Å². The molecule has 2 heterocycles. The van der Waals surface area contributed by atoms with Crippen LogP contribution in [-0.4, -0.2) is 24.4 Å². The maximum Gasteiger partial charge on any atom is 0.402 e. The minimum Gasteiger partial charge on any atom is -0.379 e. The zero-order chi connectivity index (χ0) is 9.53. The van der Waals surface area contributed by atoms with Crippen LogP contribution < -0.4 is 0 Å². The van der Waals surface area contributed by atoms with Gasteiger partial charge in [-0.25, -0.2) is 0 Å². The van der Waals surface area contributed by atoms with E-state index in [2.05, 4.69) is 9.72 Å². The molecule has 1 aliphatic rings. The van der Waals surface area contributed by atoms with Crippen molar-refractivity contribution in [3.63, 3.8) is 0 Å². The van der Waals surface area contributed by atoms with E-state index in [1.54, 1.807) is 0 Å². The molecule has 0 unspecified atom stereocenters. The van der Waals surface area contributed by atoms with Crippen LogP contribution in [-0.2, 0) is 10.2 Å². The molecule has 5 heteroatoms. The molecule has 0 bridgehead atoms. The summed E-state index contributed by atoms with van der Waals surface area (Å²) in [6, 6.07) is 1.44. The number of aromatic nitrogens is 1. The standard InChI is InChI=1S/C8H8F3NO/c9-8(10,11)7(4-13-5-7)6-1-2-12-3-6/h1-3,12H,4-5H2. The molecule has 1 saturated heterocycles. The normalized spacial score (nSPS) is 21.2. The second-order valence-electron chi connectivity index (χ2n) is 3.17. The van der Waals surface area contributed by atoms with Crippen molar-refractivity contribution in [2.75, 3.05) is 13.2 Å². The van der Waals surface area contributed by atoms with Gasteiger partial charge in [0.1, 0.15) is 5.41 Å². The van der Waals surface area contributed by atoms with Gasteiger partial charge in [0, 0.05) is 12.4 Å². The molecule has 0 radical (unpaired) electrons. The number of nitrogens with one attached hydrogen (secondary N) is 1. The van der Waals surface area contributed by atoms with E-state index in [9.17, 15) is 13.2 Å². The molecule has 0 aliphatic carbocycles. The first-order valence-corrected chi connectivity index (χ1v) is 3.84. The molecule has 0 saturated carbocycles. The zero-order valence-electron chi connectivity index (χ0n) is 6.69. The molecule has 1 aromatic heterocycles. The third kappa shape index (κ3) is 1.07. The van der Waals surface area contributed by atoms with Crippen molar-refractivity contribution >= 4 is 0 Å². The molecule has 0 aromatic carbocycles. The number of aromatic amines is 1. The van der Waals surface area contributed by atoms with Gasteiger partial charge in [0.25, 0.3) is 0 Å². The van der Waals surface area contributed by atoms with E-state index in [0.717, 1.165) is 0 Å². The predicted octanol–water partition coefficient (Wildman–Crippen LogP) is 1.84. The molecule has 0 amide bonds. The molecular weight excluding hydrogens is 183 g/mol. The van der Waals surface area contributed by atoms with Gasteiger partial charge >= 0.3 is 6.18 Å². The van der Waals surface area contributed by atoms with Gasteiger partial charge in [0.05, 0.1) is 13.2 Å². The Kier molecular flexibility index (Phi) is 1.66. The number of hydrogen-bond acceptors (Lipinski definition) is 1. The Morgan fingerprint density at radius 2 is 2.08 bits per heavy atom. The summed E-state index contributed by atoms with van der Waals surface area (Å²) in [5.41, 5.74) is -1.52. The van der Waals surface area contributed by atoms with Crippen LogP contribution in [0.15, 0.2) is 18.5 Å². The number of H-pyrrole nitrogens is 1. The van der Waals surface area contributed by atoms with Crippen molar-refractivity contribution in [2.45, 2.75) is 11.6 Å². The molecule has 1 aliphatic heterocycles. The first-order valence-electron chi connectivity index (χ1n) is 3.84. The summed E-state index contributed by atoms with van der Waals surface area (Å²) >= 11 is 0. The van der Waals surface area contributed by atoms with Crippen LogP contribution in [0.1, 0.15) is 5.56 Å². The smallest absolute Gasteiger partial charge is 0.379 e. The Morgan fingerprint density at radius 3 is 2.38 bits per heavy atom. The van der Waals surface area contributed by atoms with Crippen molar-refractivity contribution in [1.29, 1.82) is 0 Å². The summed E-state index contributed by atoms with van der Waals surface area (Å²) < 4.78 is 42.5. The number of hydrogen-bond donors (Lipinski definition) is 1. The zero-order valence-corrected chi connectivity index (χ0v) is 6.69. The Labute approximate surface area is 72.7 Å². The maximum absolute atomic E-state index is 12.6. The second-order valence-corrected chi connectivity index (χ2v) is 3.17. The number of alkyl halides is 3. The van der Waals surface area contributed by atoms with E-state index in [1.165, 1.54) is 18.5 Å². The molecule has 2 nitrogen and oxygen atoms in total. The van der Waals surface area contributed by atoms with Gasteiger partial charge < -0.3 is 9.72 Å². The molecule has 0 spiro atoms. The maximum atomic E-state index is 12.6. The van der Waals surface area contributed by atoms with Gasteiger partial charge in [-0.15, -0.1) is 0 Å². The van der Waals surface area contributed by atoms with E-state index < -0.39 is 11.6 Å². The molecule has 1 N–H and O–H groups in total. The highest BCUT2D eigenvalue weighted by Gasteiger charge is 2.61. The third-order valence-electron chi connectivity index (χ3n) is 2.39. The van der Waals surface area contributed by atoms with Crippen LogP contribution in [0.3, 0.4) is 0 Å². The van der Waals surface area contributed by atoms with Crippen LogP contribution in [0.2, 0.25) is 0 Å². The number of rotatable bonds is 1. The van der Waals surface area contributed by atoms with E-state index in [4.69, 9.17) is 0 Å². The van der Waals surface area contributed by atoms with Gasteiger partial charge in [-0.1, -0.05) is 0 Å². The fraction of sp³-hybridized carbons (Fsp3) is 0.500. The predicted molar refractivity (Wildman–Crippen MR) is 39.3 cm³/mol. The summed E-state index contributed by atoms with van der Waals surface area (Å²) in [7, 11) is 0. The number of halogens is 3. The van der Waals surface area contributed by atoms with Crippen molar-refractivity contribution in [3.8, 4) is 0 Å². The van der Waals surface area contributed by atoms with E-state index >= 15 is 0 Å².